The van der Waals surface area contributed by atoms with Crippen molar-refractivity contribution >= 4 is 21.6 Å². The Kier molecular flexibility index (Phi) is 4.31. The lowest BCUT2D eigenvalue weighted by Gasteiger charge is -2.16. The molecule has 0 spiro atoms. The maximum atomic E-state index is 5.58. The van der Waals surface area contributed by atoms with Gasteiger partial charge in [-0.25, -0.2) is 0 Å². The van der Waals surface area contributed by atoms with E-state index in [1.165, 1.54) is 0 Å². The van der Waals surface area contributed by atoms with Gasteiger partial charge >= 0.3 is 0 Å². The fourth-order valence-electron chi connectivity index (χ4n) is 1.73. The highest BCUT2D eigenvalue weighted by Crippen LogP contribution is 2.29. The summed E-state index contributed by atoms with van der Waals surface area (Å²) in [7, 11) is 0. The lowest BCUT2D eigenvalue weighted by Crippen LogP contribution is -2.07. The molecule has 0 saturated heterocycles. The monoisotopic (exact) mass is 309 g/mol. The van der Waals surface area contributed by atoms with Crippen molar-refractivity contribution in [2.75, 3.05) is 11.9 Å². The Balaban J connectivity index is 2.13. The Hall–Kier alpha value is -1.42. The van der Waals surface area contributed by atoms with Crippen LogP contribution in [-0.2, 0) is 0 Å². The van der Waals surface area contributed by atoms with Crippen LogP contribution in [-0.4, -0.2) is 6.61 Å². The van der Waals surface area contributed by atoms with Crippen molar-refractivity contribution in [2.24, 2.45) is 0 Å². The third-order valence-electron chi connectivity index (χ3n) is 2.58. The highest BCUT2D eigenvalue weighted by Gasteiger charge is 2.11. The predicted octanol–water partition coefficient (Wildman–Crippen LogP) is 4.61. The predicted molar refractivity (Wildman–Crippen MR) is 76.1 cm³/mol. The number of anilines is 1. The number of hydrogen-bond acceptors (Lipinski definition) is 3. The van der Waals surface area contributed by atoms with Gasteiger partial charge in [0.25, 0.3) is 0 Å². The highest BCUT2D eigenvalue weighted by molar-refractivity contribution is 9.10. The van der Waals surface area contributed by atoms with E-state index in [1.807, 2.05) is 50.2 Å². The van der Waals surface area contributed by atoms with Gasteiger partial charge in [-0.3, -0.25) is 0 Å². The first kappa shape index (κ1) is 13.0. The quantitative estimate of drug-likeness (QED) is 0.875. The number of nitrogens with one attached hydrogen (secondary N) is 1. The molecule has 3 nitrogen and oxygen atoms in total. The van der Waals surface area contributed by atoms with Crippen molar-refractivity contribution < 1.29 is 9.15 Å². The third kappa shape index (κ3) is 3.07. The van der Waals surface area contributed by atoms with Crippen molar-refractivity contribution in [3.63, 3.8) is 0 Å². The zero-order chi connectivity index (χ0) is 13.0. The largest absolute Gasteiger partial charge is 0.492 e. The van der Waals surface area contributed by atoms with E-state index in [1.54, 1.807) is 0 Å². The third-order valence-corrected chi connectivity index (χ3v) is 3.01. The zero-order valence-corrected chi connectivity index (χ0v) is 12.0. The second kappa shape index (κ2) is 5.96. The molecule has 4 heteroatoms. The Morgan fingerprint density at radius 3 is 2.72 bits per heavy atom. The summed E-state index contributed by atoms with van der Waals surface area (Å²) in [4.78, 5) is 0. The Morgan fingerprint density at radius 2 is 2.06 bits per heavy atom. The smallest absolute Gasteiger partial charge is 0.169 e. The average Bonchev–Trinajstić information content (AvgIpc) is 2.79. The van der Waals surface area contributed by atoms with Crippen LogP contribution >= 0.6 is 15.9 Å². The topological polar surface area (TPSA) is 34.4 Å². The van der Waals surface area contributed by atoms with Crippen molar-refractivity contribution in [3.05, 3.63) is 46.8 Å². The standard InChI is InChI=1S/C14H16BrNO2/c1-3-17-13-7-5-4-6-11(13)16-10(2)12-8-9-14(15)18-12/h4-10,16H,3H2,1-2H3. The summed E-state index contributed by atoms with van der Waals surface area (Å²) in [5.41, 5.74) is 0.972. The highest BCUT2D eigenvalue weighted by atomic mass is 79.9. The molecule has 0 aliphatic carbocycles. The average molecular weight is 310 g/mol. The van der Waals surface area contributed by atoms with Gasteiger partial charge in [-0.05, 0) is 54.0 Å². The van der Waals surface area contributed by atoms with E-state index in [-0.39, 0.29) is 6.04 Å². The molecule has 0 saturated carbocycles. The molecule has 1 aromatic carbocycles. The van der Waals surface area contributed by atoms with E-state index < -0.39 is 0 Å². The molecule has 0 radical (unpaired) electrons. The Morgan fingerprint density at radius 1 is 1.28 bits per heavy atom. The fourth-order valence-corrected chi connectivity index (χ4v) is 2.05. The van der Waals surface area contributed by atoms with Crippen LogP contribution in [0.5, 0.6) is 5.75 Å². The molecule has 1 heterocycles. The lowest BCUT2D eigenvalue weighted by atomic mass is 10.2. The summed E-state index contributed by atoms with van der Waals surface area (Å²) in [6, 6.07) is 11.8. The van der Waals surface area contributed by atoms with Crippen LogP contribution in [0, 0.1) is 0 Å². The van der Waals surface area contributed by atoms with Gasteiger partial charge in [-0.1, -0.05) is 12.1 Å². The maximum Gasteiger partial charge on any atom is 0.169 e. The minimum Gasteiger partial charge on any atom is -0.492 e. The van der Waals surface area contributed by atoms with Gasteiger partial charge in [0.2, 0.25) is 0 Å². The number of rotatable bonds is 5. The van der Waals surface area contributed by atoms with E-state index in [0.29, 0.717) is 6.61 Å². The molecule has 0 bridgehead atoms. The van der Waals surface area contributed by atoms with Crippen molar-refractivity contribution in [1.82, 2.24) is 0 Å². The van der Waals surface area contributed by atoms with Crippen LogP contribution in [0.15, 0.2) is 45.5 Å². The van der Waals surface area contributed by atoms with Gasteiger partial charge < -0.3 is 14.5 Å². The summed E-state index contributed by atoms with van der Waals surface area (Å²) in [6.45, 7) is 4.68. The lowest BCUT2D eigenvalue weighted by molar-refractivity contribution is 0.341. The van der Waals surface area contributed by atoms with E-state index in [9.17, 15) is 0 Å². The summed E-state index contributed by atoms with van der Waals surface area (Å²) < 4.78 is 11.8. The van der Waals surface area contributed by atoms with Crippen molar-refractivity contribution in [1.29, 1.82) is 0 Å². The van der Waals surface area contributed by atoms with Gasteiger partial charge in [0.1, 0.15) is 11.5 Å². The summed E-state index contributed by atoms with van der Waals surface area (Å²) in [5.74, 6) is 1.74. The first-order valence-electron chi connectivity index (χ1n) is 5.94. The summed E-state index contributed by atoms with van der Waals surface area (Å²) in [5, 5.41) is 3.39. The molecule has 0 aliphatic rings. The summed E-state index contributed by atoms with van der Waals surface area (Å²) >= 11 is 3.31. The molecule has 96 valence electrons. The number of furan rings is 1. The molecule has 18 heavy (non-hydrogen) atoms. The molecule has 1 atom stereocenters. The van der Waals surface area contributed by atoms with Gasteiger partial charge in [0.15, 0.2) is 4.67 Å². The Labute approximate surface area is 115 Å². The van der Waals surface area contributed by atoms with E-state index in [2.05, 4.69) is 21.2 Å². The van der Waals surface area contributed by atoms with E-state index in [0.717, 1.165) is 21.9 Å². The number of benzene rings is 1. The molecule has 2 aromatic rings. The molecule has 1 aromatic heterocycles. The fraction of sp³-hybridized carbons (Fsp3) is 0.286. The van der Waals surface area contributed by atoms with Crippen LogP contribution in [0.2, 0.25) is 0 Å². The molecule has 2 rings (SSSR count). The van der Waals surface area contributed by atoms with Gasteiger partial charge in [-0.2, -0.15) is 0 Å². The van der Waals surface area contributed by atoms with Gasteiger partial charge in [0.05, 0.1) is 18.3 Å². The van der Waals surface area contributed by atoms with Crippen LogP contribution in [0.4, 0.5) is 5.69 Å². The van der Waals surface area contributed by atoms with Crippen LogP contribution in [0.1, 0.15) is 25.6 Å². The first-order valence-corrected chi connectivity index (χ1v) is 6.73. The Bertz CT molecular complexity index is 510. The summed E-state index contributed by atoms with van der Waals surface area (Å²) in [6.07, 6.45) is 0. The maximum absolute atomic E-state index is 5.58. The molecule has 0 fully saturated rings. The minimum absolute atomic E-state index is 0.0814. The second-order valence-electron chi connectivity index (χ2n) is 3.94. The van der Waals surface area contributed by atoms with E-state index in [4.69, 9.17) is 9.15 Å². The van der Waals surface area contributed by atoms with Crippen LogP contribution in [0.3, 0.4) is 0 Å². The molecule has 1 N–H and O–H groups in total. The molecular weight excluding hydrogens is 294 g/mol. The van der Waals surface area contributed by atoms with Gasteiger partial charge in [-0.15, -0.1) is 0 Å². The van der Waals surface area contributed by atoms with Crippen LogP contribution in [0.25, 0.3) is 0 Å². The molecular formula is C14H16BrNO2. The van der Waals surface area contributed by atoms with Crippen molar-refractivity contribution in [3.8, 4) is 5.75 Å². The minimum atomic E-state index is 0.0814. The van der Waals surface area contributed by atoms with Gasteiger partial charge in [0, 0.05) is 0 Å². The van der Waals surface area contributed by atoms with Crippen LogP contribution < -0.4 is 10.1 Å². The zero-order valence-electron chi connectivity index (χ0n) is 10.4. The normalized spacial score (nSPS) is 12.2. The number of ether oxygens (including phenoxy) is 1. The number of halogens is 1. The SMILES string of the molecule is CCOc1ccccc1NC(C)c1ccc(Br)o1. The first-order chi connectivity index (χ1) is 8.70. The molecule has 0 aliphatic heterocycles. The molecule has 0 amide bonds. The number of hydrogen-bond donors (Lipinski definition) is 1. The van der Waals surface area contributed by atoms with Crippen molar-refractivity contribution in [2.45, 2.75) is 19.9 Å². The van der Waals surface area contributed by atoms with E-state index >= 15 is 0 Å². The second-order valence-corrected chi connectivity index (χ2v) is 4.72. The number of para-hydroxylation sites is 2. The molecule has 1 unspecified atom stereocenters.